The fraction of sp³-hybridized carbons (Fsp3) is 0.250. The van der Waals surface area contributed by atoms with Gasteiger partial charge in [0.25, 0.3) is 0 Å². The van der Waals surface area contributed by atoms with E-state index in [1.54, 1.807) is 0 Å². The van der Waals surface area contributed by atoms with Gasteiger partial charge in [-0.3, -0.25) is 4.79 Å². The highest BCUT2D eigenvalue weighted by Crippen LogP contribution is 2.40. The molecule has 18 heavy (non-hydrogen) atoms. The van der Waals surface area contributed by atoms with Crippen molar-refractivity contribution in [2.45, 2.75) is 19.0 Å². The van der Waals surface area contributed by atoms with Crippen LogP contribution in [0, 0.1) is 0 Å². The van der Waals surface area contributed by atoms with Gasteiger partial charge in [-0.05, 0) is 29.3 Å². The summed E-state index contributed by atoms with van der Waals surface area (Å²) in [6, 6.07) is 3.83. The fourth-order valence-corrected chi connectivity index (χ4v) is 2.97. The van der Waals surface area contributed by atoms with Crippen molar-refractivity contribution < 1.29 is 23.1 Å². The van der Waals surface area contributed by atoms with E-state index in [0.29, 0.717) is 10.9 Å². The number of rotatable bonds is 2. The molecule has 1 aromatic carbocycles. The number of halogens is 3. The van der Waals surface area contributed by atoms with Gasteiger partial charge in [-0.1, -0.05) is 12.1 Å². The first-order valence-electron chi connectivity index (χ1n) is 5.12. The molecule has 0 spiro atoms. The van der Waals surface area contributed by atoms with E-state index < -0.39 is 23.6 Å². The molecule has 1 aromatic heterocycles. The summed E-state index contributed by atoms with van der Waals surface area (Å²) in [5.74, 6) is -1.87. The van der Waals surface area contributed by atoms with E-state index >= 15 is 0 Å². The largest absolute Gasteiger partial charge is 0.481 e. The second kappa shape index (κ2) is 4.28. The molecule has 0 saturated carbocycles. The minimum atomic E-state index is -4.42. The van der Waals surface area contributed by atoms with Gasteiger partial charge in [-0.25, -0.2) is 0 Å². The summed E-state index contributed by atoms with van der Waals surface area (Å²) >= 11 is 0.930. The summed E-state index contributed by atoms with van der Waals surface area (Å²) in [6.07, 6.45) is -4.42. The van der Waals surface area contributed by atoms with E-state index in [2.05, 4.69) is 0 Å². The molecule has 0 aliphatic carbocycles. The first kappa shape index (κ1) is 12.9. The molecule has 2 nitrogen and oxygen atoms in total. The molecule has 1 unspecified atom stereocenters. The van der Waals surface area contributed by atoms with Crippen LogP contribution in [0.4, 0.5) is 13.2 Å². The number of fused-ring (bicyclic) bond motifs is 1. The lowest BCUT2D eigenvalue weighted by Crippen LogP contribution is -2.07. The third-order valence-electron chi connectivity index (χ3n) is 2.77. The van der Waals surface area contributed by atoms with Gasteiger partial charge < -0.3 is 5.11 Å². The summed E-state index contributed by atoms with van der Waals surface area (Å²) in [6.45, 7) is 1.46. The molecular weight excluding hydrogens is 265 g/mol. The molecule has 0 fully saturated rings. The zero-order valence-corrected chi connectivity index (χ0v) is 10.1. The monoisotopic (exact) mass is 274 g/mol. The van der Waals surface area contributed by atoms with Crippen molar-refractivity contribution in [3.8, 4) is 0 Å². The van der Waals surface area contributed by atoms with Crippen molar-refractivity contribution >= 4 is 27.4 Å². The van der Waals surface area contributed by atoms with Gasteiger partial charge in [-0.15, -0.1) is 11.3 Å². The van der Waals surface area contributed by atoms with Crippen LogP contribution in [-0.4, -0.2) is 11.1 Å². The quantitative estimate of drug-likeness (QED) is 0.894. The van der Waals surface area contributed by atoms with E-state index in [9.17, 15) is 18.0 Å². The number of aliphatic carboxylic acids is 1. The highest BCUT2D eigenvalue weighted by atomic mass is 32.1. The lowest BCUT2D eigenvalue weighted by Gasteiger charge is -2.09. The number of carboxylic acids is 1. The van der Waals surface area contributed by atoms with Crippen LogP contribution in [0.5, 0.6) is 0 Å². The molecule has 0 aliphatic rings. The van der Waals surface area contributed by atoms with Gasteiger partial charge in [0.15, 0.2) is 0 Å². The Morgan fingerprint density at radius 3 is 2.61 bits per heavy atom. The van der Waals surface area contributed by atoms with E-state index in [1.165, 1.54) is 24.4 Å². The Balaban J connectivity index is 2.66. The van der Waals surface area contributed by atoms with E-state index in [4.69, 9.17) is 5.11 Å². The van der Waals surface area contributed by atoms with Crippen LogP contribution in [-0.2, 0) is 11.0 Å². The third kappa shape index (κ3) is 2.08. The Kier molecular flexibility index (Phi) is 3.06. The van der Waals surface area contributed by atoms with Crippen LogP contribution in [0.1, 0.15) is 24.0 Å². The van der Waals surface area contributed by atoms with Crippen LogP contribution in [0.25, 0.3) is 10.1 Å². The van der Waals surface area contributed by atoms with Gasteiger partial charge in [0.05, 0.1) is 11.5 Å². The van der Waals surface area contributed by atoms with Crippen LogP contribution in [0.2, 0.25) is 0 Å². The number of hydrogen-bond acceptors (Lipinski definition) is 2. The predicted octanol–water partition coefficient (Wildman–Crippen LogP) is 4.11. The summed E-state index contributed by atoms with van der Waals surface area (Å²) in [4.78, 5) is 10.9. The van der Waals surface area contributed by atoms with Crippen molar-refractivity contribution in [2.75, 3.05) is 0 Å². The summed E-state index contributed by atoms with van der Waals surface area (Å²) in [5, 5.41) is 10.8. The smallest absolute Gasteiger partial charge is 0.417 e. The molecule has 2 aromatic rings. The lowest BCUT2D eigenvalue weighted by molar-refractivity contribution is -0.138. The van der Waals surface area contributed by atoms with Crippen LogP contribution < -0.4 is 0 Å². The van der Waals surface area contributed by atoms with Crippen LogP contribution in [0.15, 0.2) is 23.6 Å². The number of hydrogen-bond donors (Lipinski definition) is 1. The van der Waals surface area contributed by atoms with Crippen molar-refractivity contribution in [3.05, 3.63) is 34.7 Å². The zero-order valence-electron chi connectivity index (χ0n) is 9.28. The van der Waals surface area contributed by atoms with Crippen molar-refractivity contribution in [1.29, 1.82) is 0 Å². The number of benzene rings is 1. The first-order chi connectivity index (χ1) is 8.32. The summed E-state index contributed by atoms with van der Waals surface area (Å²) in [5.41, 5.74) is -0.289. The SMILES string of the molecule is CC(C(=O)O)c1csc2c(C(F)(F)F)cccc12. The van der Waals surface area contributed by atoms with Gasteiger partial charge in [0, 0.05) is 4.70 Å². The fourth-order valence-electron chi connectivity index (χ4n) is 1.77. The average molecular weight is 274 g/mol. The average Bonchev–Trinajstić information content (AvgIpc) is 2.69. The number of alkyl halides is 3. The first-order valence-corrected chi connectivity index (χ1v) is 6.00. The number of thiophene rings is 1. The standard InChI is InChI=1S/C12H9F3O2S/c1-6(11(16)17)8-5-18-10-7(8)3-2-4-9(10)12(13,14)15/h2-6H,1H3,(H,16,17). The molecule has 6 heteroatoms. The number of carboxylic acid groups (broad SMARTS) is 1. The maximum Gasteiger partial charge on any atom is 0.417 e. The normalized spacial score (nSPS) is 13.8. The molecule has 0 amide bonds. The minimum Gasteiger partial charge on any atom is -0.481 e. The topological polar surface area (TPSA) is 37.3 Å². The van der Waals surface area contributed by atoms with E-state index in [0.717, 1.165) is 17.4 Å². The third-order valence-corrected chi connectivity index (χ3v) is 3.82. The van der Waals surface area contributed by atoms with Crippen LogP contribution >= 0.6 is 11.3 Å². The predicted molar refractivity (Wildman–Crippen MR) is 62.9 cm³/mol. The van der Waals surface area contributed by atoms with E-state index in [1.807, 2.05) is 0 Å². The molecule has 0 aliphatic heterocycles. The molecule has 0 saturated heterocycles. The number of carbonyl (C=O) groups is 1. The maximum absolute atomic E-state index is 12.8. The second-order valence-electron chi connectivity index (χ2n) is 3.93. The molecule has 96 valence electrons. The van der Waals surface area contributed by atoms with Crippen LogP contribution in [0.3, 0.4) is 0 Å². The second-order valence-corrected chi connectivity index (χ2v) is 4.81. The Bertz CT molecular complexity index is 601. The minimum absolute atomic E-state index is 0.0908. The Morgan fingerprint density at radius 1 is 1.39 bits per heavy atom. The molecular formula is C12H9F3O2S. The van der Waals surface area contributed by atoms with Crippen molar-refractivity contribution in [3.63, 3.8) is 0 Å². The van der Waals surface area contributed by atoms with Gasteiger partial charge >= 0.3 is 12.1 Å². The molecule has 2 rings (SSSR count). The molecule has 0 bridgehead atoms. The van der Waals surface area contributed by atoms with E-state index in [-0.39, 0.29) is 4.70 Å². The highest BCUT2D eigenvalue weighted by Gasteiger charge is 2.33. The van der Waals surface area contributed by atoms with Crippen molar-refractivity contribution in [1.82, 2.24) is 0 Å². The molecule has 1 atom stereocenters. The Labute approximate surface area is 105 Å². The maximum atomic E-state index is 12.8. The summed E-state index contributed by atoms with van der Waals surface area (Å²) in [7, 11) is 0. The summed E-state index contributed by atoms with van der Waals surface area (Å²) < 4.78 is 38.4. The van der Waals surface area contributed by atoms with Gasteiger partial charge in [0.1, 0.15) is 0 Å². The zero-order chi connectivity index (χ0) is 13.5. The van der Waals surface area contributed by atoms with Crippen molar-refractivity contribution in [2.24, 2.45) is 0 Å². The lowest BCUT2D eigenvalue weighted by atomic mass is 9.99. The molecule has 0 radical (unpaired) electrons. The molecule has 1 heterocycles. The Hall–Kier alpha value is -1.56. The van der Waals surface area contributed by atoms with Gasteiger partial charge in [-0.2, -0.15) is 13.2 Å². The van der Waals surface area contributed by atoms with Gasteiger partial charge in [0.2, 0.25) is 0 Å². The highest BCUT2D eigenvalue weighted by molar-refractivity contribution is 7.17. The molecule has 1 N–H and O–H groups in total. The Morgan fingerprint density at radius 2 is 2.06 bits per heavy atom.